The number of aryl methyl sites for hydroxylation is 4. The minimum atomic E-state index is -0.431. The maximum Gasteiger partial charge on any atom is 0.368 e. The molecule has 0 saturated carbocycles. The molecule has 0 spiro atoms. The van der Waals surface area contributed by atoms with E-state index in [4.69, 9.17) is 9.47 Å². The first-order chi connectivity index (χ1) is 16.7. The highest BCUT2D eigenvalue weighted by Gasteiger charge is 2.21. The molecule has 2 heterocycles. The number of hydrogen-bond acceptors (Lipinski definition) is 7. The molecule has 4 rings (SSSR count). The van der Waals surface area contributed by atoms with E-state index in [1.54, 1.807) is 25.7 Å². The minimum absolute atomic E-state index is 0.253. The largest absolute Gasteiger partial charge is 0.489 e. The van der Waals surface area contributed by atoms with E-state index >= 15 is 0 Å². The van der Waals surface area contributed by atoms with Crippen LogP contribution in [0.25, 0.3) is 16.9 Å². The van der Waals surface area contributed by atoms with Crippen LogP contribution in [0.1, 0.15) is 39.7 Å². The molecule has 182 valence electrons. The average molecular weight is 477 g/mol. The van der Waals surface area contributed by atoms with Crippen molar-refractivity contribution in [2.24, 2.45) is 14.1 Å². The zero-order chi connectivity index (χ0) is 25.3. The van der Waals surface area contributed by atoms with Crippen LogP contribution in [0.15, 0.2) is 41.2 Å². The predicted molar refractivity (Wildman–Crippen MR) is 130 cm³/mol. The summed E-state index contributed by atoms with van der Waals surface area (Å²) in [5.74, 6) is 0.277. The summed E-state index contributed by atoms with van der Waals surface area (Å²) in [5, 5.41) is 12.1. The van der Waals surface area contributed by atoms with Crippen molar-refractivity contribution in [3.63, 3.8) is 0 Å². The SMILES string of the molecule is CCOC(=O)c1nn(C)c(-c2ccc(OCc3c(C)cccc3-n3nnn(C)c3=O)c(C)c2)c1C. The van der Waals surface area contributed by atoms with Crippen molar-refractivity contribution in [1.29, 1.82) is 0 Å². The Morgan fingerprint density at radius 2 is 1.77 bits per heavy atom. The smallest absolute Gasteiger partial charge is 0.368 e. The molecule has 35 heavy (non-hydrogen) atoms. The molecule has 10 nitrogen and oxygen atoms in total. The molecule has 2 aromatic carbocycles. The first-order valence-corrected chi connectivity index (χ1v) is 11.2. The van der Waals surface area contributed by atoms with Crippen LogP contribution in [0.3, 0.4) is 0 Å². The fraction of sp³-hybridized carbons (Fsp3) is 0.320. The van der Waals surface area contributed by atoms with E-state index in [1.807, 2.05) is 57.2 Å². The molecule has 0 amide bonds. The standard InChI is InChI=1S/C25H28N6O4/c1-7-34-24(32)22-17(4)23(29(5)26-22)18-11-12-21(16(3)13-18)35-14-19-15(2)9-8-10-20(19)31-25(33)30(6)27-28-31/h8-13H,7,14H2,1-6H3. The van der Waals surface area contributed by atoms with Crippen LogP contribution in [-0.2, 0) is 25.4 Å². The van der Waals surface area contributed by atoms with E-state index in [-0.39, 0.29) is 12.3 Å². The van der Waals surface area contributed by atoms with Crippen LogP contribution < -0.4 is 10.4 Å². The Morgan fingerprint density at radius 1 is 1.00 bits per heavy atom. The fourth-order valence-electron chi connectivity index (χ4n) is 4.07. The number of rotatable bonds is 7. The Bertz CT molecular complexity index is 1460. The molecule has 2 aromatic heterocycles. The molecule has 0 N–H and O–H groups in total. The zero-order valence-corrected chi connectivity index (χ0v) is 20.7. The van der Waals surface area contributed by atoms with Gasteiger partial charge in [-0.1, -0.05) is 12.1 Å². The summed E-state index contributed by atoms with van der Waals surface area (Å²) in [6, 6.07) is 11.5. The third-order valence-corrected chi connectivity index (χ3v) is 5.91. The molecule has 0 aliphatic rings. The van der Waals surface area contributed by atoms with Gasteiger partial charge in [-0.3, -0.25) is 4.68 Å². The second kappa shape index (κ2) is 9.57. The minimum Gasteiger partial charge on any atom is -0.489 e. The van der Waals surface area contributed by atoms with Crippen LogP contribution in [0, 0.1) is 20.8 Å². The van der Waals surface area contributed by atoms with E-state index in [2.05, 4.69) is 15.5 Å². The lowest BCUT2D eigenvalue weighted by Gasteiger charge is -2.15. The third kappa shape index (κ3) is 4.46. The predicted octanol–water partition coefficient (Wildman–Crippen LogP) is 3.05. The van der Waals surface area contributed by atoms with Crippen LogP contribution in [0.5, 0.6) is 5.75 Å². The van der Waals surface area contributed by atoms with Gasteiger partial charge in [-0.2, -0.15) is 14.5 Å². The number of benzene rings is 2. The first kappa shape index (κ1) is 23.9. The van der Waals surface area contributed by atoms with Gasteiger partial charge in [0.2, 0.25) is 0 Å². The lowest BCUT2D eigenvalue weighted by Crippen LogP contribution is -2.23. The van der Waals surface area contributed by atoms with Crippen molar-refractivity contribution in [2.45, 2.75) is 34.3 Å². The zero-order valence-electron chi connectivity index (χ0n) is 20.7. The molecular formula is C25H28N6O4. The fourth-order valence-corrected chi connectivity index (χ4v) is 4.07. The number of tetrazole rings is 1. The number of ether oxygens (including phenoxy) is 2. The van der Waals surface area contributed by atoms with Crippen molar-refractivity contribution in [3.8, 4) is 22.7 Å². The Hall–Kier alpha value is -4.21. The number of esters is 1. The average Bonchev–Trinajstić information content (AvgIpc) is 3.31. The third-order valence-electron chi connectivity index (χ3n) is 5.91. The maximum atomic E-state index is 12.4. The highest BCUT2D eigenvalue weighted by Crippen LogP contribution is 2.30. The van der Waals surface area contributed by atoms with Gasteiger partial charge < -0.3 is 9.47 Å². The summed E-state index contributed by atoms with van der Waals surface area (Å²) in [6.45, 7) is 8.11. The quantitative estimate of drug-likeness (QED) is 0.378. The van der Waals surface area contributed by atoms with Crippen molar-refractivity contribution >= 4 is 5.97 Å². The summed E-state index contributed by atoms with van der Waals surface area (Å²) in [5.41, 5.74) is 5.89. The Kier molecular flexibility index (Phi) is 6.54. The molecule has 0 atom stereocenters. The second-order valence-electron chi connectivity index (χ2n) is 8.30. The summed E-state index contributed by atoms with van der Waals surface area (Å²) in [7, 11) is 3.36. The van der Waals surface area contributed by atoms with Gasteiger partial charge in [0.25, 0.3) is 0 Å². The Labute approximate surface area is 202 Å². The molecule has 0 fully saturated rings. The second-order valence-corrected chi connectivity index (χ2v) is 8.30. The lowest BCUT2D eigenvalue weighted by molar-refractivity contribution is 0.0517. The highest BCUT2D eigenvalue weighted by atomic mass is 16.5. The summed E-state index contributed by atoms with van der Waals surface area (Å²) < 4.78 is 15.4. The lowest BCUT2D eigenvalue weighted by atomic mass is 10.0. The molecule has 10 heteroatoms. The number of carbonyl (C=O) groups is 1. The number of carbonyl (C=O) groups excluding carboxylic acids is 1. The molecule has 0 radical (unpaired) electrons. The van der Waals surface area contributed by atoms with Crippen molar-refractivity contribution in [1.82, 2.24) is 29.6 Å². The summed E-state index contributed by atoms with van der Waals surface area (Å²) >= 11 is 0. The van der Waals surface area contributed by atoms with Gasteiger partial charge in [-0.05, 0) is 73.5 Å². The van der Waals surface area contributed by atoms with Gasteiger partial charge in [0.05, 0.1) is 18.0 Å². The highest BCUT2D eigenvalue weighted by molar-refractivity contribution is 5.91. The molecule has 0 saturated heterocycles. The topological polar surface area (TPSA) is 106 Å². The number of hydrogen-bond donors (Lipinski definition) is 0. The molecule has 0 unspecified atom stereocenters. The van der Waals surface area contributed by atoms with Gasteiger partial charge in [-0.15, -0.1) is 0 Å². The molecule has 4 aromatic rings. The van der Waals surface area contributed by atoms with Gasteiger partial charge >= 0.3 is 11.7 Å². The van der Waals surface area contributed by atoms with Crippen LogP contribution in [0.2, 0.25) is 0 Å². The van der Waals surface area contributed by atoms with Crippen molar-refractivity contribution in [3.05, 3.63) is 74.8 Å². The first-order valence-electron chi connectivity index (χ1n) is 11.2. The Morgan fingerprint density at radius 3 is 2.43 bits per heavy atom. The van der Waals surface area contributed by atoms with E-state index < -0.39 is 5.97 Å². The Balaban J connectivity index is 1.61. The van der Waals surface area contributed by atoms with E-state index in [0.717, 1.165) is 33.5 Å². The molecule has 0 bridgehead atoms. The summed E-state index contributed by atoms with van der Waals surface area (Å²) in [6.07, 6.45) is 0. The van der Waals surface area contributed by atoms with E-state index in [0.29, 0.717) is 23.7 Å². The molecule has 0 aliphatic heterocycles. The van der Waals surface area contributed by atoms with Crippen LogP contribution >= 0.6 is 0 Å². The maximum absolute atomic E-state index is 12.4. The van der Waals surface area contributed by atoms with Crippen LogP contribution in [0.4, 0.5) is 0 Å². The number of aromatic nitrogens is 6. The van der Waals surface area contributed by atoms with Gasteiger partial charge in [0, 0.05) is 30.8 Å². The van der Waals surface area contributed by atoms with E-state index in [1.165, 1.54) is 9.36 Å². The van der Waals surface area contributed by atoms with Crippen molar-refractivity contribution in [2.75, 3.05) is 6.61 Å². The van der Waals surface area contributed by atoms with E-state index in [9.17, 15) is 9.59 Å². The van der Waals surface area contributed by atoms with Gasteiger partial charge in [-0.25, -0.2) is 9.59 Å². The van der Waals surface area contributed by atoms with Crippen molar-refractivity contribution < 1.29 is 14.3 Å². The van der Waals surface area contributed by atoms with Gasteiger partial charge in [0.1, 0.15) is 12.4 Å². The van der Waals surface area contributed by atoms with Crippen LogP contribution in [-0.4, -0.2) is 42.1 Å². The monoisotopic (exact) mass is 476 g/mol. The summed E-state index contributed by atoms with van der Waals surface area (Å²) in [4.78, 5) is 24.6. The normalized spacial score (nSPS) is 11.0. The molecule has 0 aliphatic carbocycles. The molecular weight excluding hydrogens is 448 g/mol. The number of nitrogens with zero attached hydrogens (tertiary/aromatic N) is 6. The van der Waals surface area contributed by atoms with Gasteiger partial charge in [0.15, 0.2) is 5.69 Å².